The normalized spacial score (nSPS) is 13.7. The molecule has 0 aliphatic rings. The lowest BCUT2D eigenvalue weighted by atomic mass is 9.86. The molecule has 0 radical (unpaired) electrons. The van der Waals surface area contributed by atoms with Gasteiger partial charge in [-0.05, 0) is 53.8 Å². The Morgan fingerprint density at radius 1 is 0.900 bits per heavy atom. The summed E-state index contributed by atoms with van der Waals surface area (Å²) < 4.78 is 83.6. The Morgan fingerprint density at radius 2 is 1.43 bits per heavy atom. The zero-order chi connectivity index (χ0) is 23.0. The van der Waals surface area contributed by atoms with E-state index < -0.39 is 30.2 Å². The number of benzene rings is 2. The fourth-order valence-electron chi connectivity index (χ4n) is 3.31. The van der Waals surface area contributed by atoms with Gasteiger partial charge in [0.25, 0.3) is 5.60 Å². The molecule has 166 valence electrons. The summed E-state index contributed by atoms with van der Waals surface area (Å²) in [6.07, 6.45) is -11.6. The van der Waals surface area contributed by atoms with Crippen LogP contribution < -0.4 is 0 Å². The Hall–Kier alpha value is -2.06. The number of allylic oxidation sites excluding steroid dienone is 1. The van der Waals surface area contributed by atoms with Crippen molar-refractivity contribution in [1.82, 2.24) is 0 Å². The molecule has 0 amide bonds. The molecule has 2 rings (SSSR count). The maximum absolute atomic E-state index is 13.1. The van der Waals surface area contributed by atoms with E-state index in [0.717, 1.165) is 21.9 Å². The maximum atomic E-state index is 13.1. The van der Waals surface area contributed by atoms with Crippen LogP contribution in [0.2, 0.25) is 0 Å². The van der Waals surface area contributed by atoms with Gasteiger partial charge in [-0.25, -0.2) is 0 Å². The number of hydrogen-bond acceptors (Lipinski definition) is 2. The van der Waals surface area contributed by atoms with Crippen LogP contribution in [-0.4, -0.2) is 29.7 Å². The third kappa shape index (κ3) is 4.34. The molecule has 0 fully saturated rings. The van der Waals surface area contributed by atoms with E-state index in [0.29, 0.717) is 5.56 Å². The van der Waals surface area contributed by atoms with Crippen LogP contribution in [0.5, 0.6) is 0 Å². The first-order valence-electron chi connectivity index (χ1n) is 9.40. The molecule has 0 aromatic heterocycles. The van der Waals surface area contributed by atoms with Crippen molar-refractivity contribution in [3.63, 3.8) is 0 Å². The molecule has 8 heteroatoms. The topological polar surface area (TPSA) is 29.5 Å². The van der Waals surface area contributed by atoms with Crippen LogP contribution in [0, 0.1) is 0 Å². The molecule has 0 heterocycles. The van der Waals surface area contributed by atoms with Gasteiger partial charge in [0, 0.05) is 0 Å². The summed E-state index contributed by atoms with van der Waals surface area (Å²) in [6, 6.07) is 10.6. The van der Waals surface area contributed by atoms with E-state index in [1.165, 1.54) is 0 Å². The van der Waals surface area contributed by atoms with Crippen molar-refractivity contribution in [3.8, 4) is 0 Å². The van der Waals surface area contributed by atoms with Gasteiger partial charge < -0.3 is 9.84 Å². The summed E-state index contributed by atoms with van der Waals surface area (Å²) in [5, 5.41) is 11.1. The highest BCUT2D eigenvalue weighted by atomic mass is 19.4. The maximum Gasteiger partial charge on any atom is 0.428 e. The summed E-state index contributed by atoms with van der Waals surface area (Å²) in [4.78, 5) is 0. The minimum absolute atomic E-state index is 0.112. The van der Waals surface area contributed by atoms with Crippen LogP contribution in [0.25, 0.3) is 16.3 Å². The van der Waals surface area contributed by atoms with E-state index in [-0.39, 0.29) is 12.8 Å². The minimum atomic E-state index is -5.93. The number of fused-ring (bicyclic) bond motifs is 1. The van der Waals surface area contributed by atoms with Crippen molar-refractivity contribution in [2.45, 2.75) is 57.2 Å². The van der Waals surface area contributed by atoms with Gasteiger partial charge in [0.1, 0.15) is 0 Å². The fourth-order valence-corrected chi connectivity index (χ4v) is 3.31. The van der Waals surface area contributed by atoms with Crippen molar-refractivity contribution in [3.05, 3.63) is 54.1 Å². The van der Waals surface area contributed by atoms with Crippen LogP contribution in [0.15, 0.2) is 43.0 Å². The van der Waals surface area contributed by atoms with Crippen molar-refractivity contribution in [1.29, 1.82) is 0 Å². The molecular weight excluding hydrogens is 410 g/mol. The number of hydrogen-bond donors (Lipinski definition) is 1. The van der Waals surface area contributed by atoms with Gasteiger partial charge in [0.2, 0.25) is 0 Å². The van der Waals surface area contributed by atoms with Gasteiger partial charge in [-0.1, -0.05) is 50.3 Å². The van der Waals surface area contributed by atoms with E-state index in [4.69, 9.17) is 4.74 Å². The third-order valence-electron chi connectivity index (χ3n) is 5.50. The second-order valence-corrected chi connectivity index (χ2v) is 7.40. The van der Waals surface area contributed by atoms with Gasteiger partial charge >= 0.3 is 12.4 Å². The molecule has 0 aliphatic heterocycles. The van der Waals surface area contributed by atoms with Gasteiger partial charge in [-0.2, -0.15) is 26.3 Å². The van der Waals surface area contributed by atoms with Gasteiger partial charge in [-0.3, -0.25) is 0 Å². The van der Waals surface area contributed by atoms with Gasteiger partial charge in [0.15, 0.2) is 0 Å². The minimum Gasteiger partial charge on any atom is -0.372 e. The molecule has 1 N–H and O–H groups in total. The van der Waals surface area contributed by atoms with Gasteiger partial charge in [0.05, 0.1) is 12.2 Å². The average Bonchev–Trinajstić information content (AvgIpc) is 2.66. The van der Waals surface area contributed by atoms with E-state index in [1.54, 1.807) is 32.0 Å². The lowest BCUT2D eigenvalue weighted by Gasteiger charge is -2.38. The van der Waals surface area contributed by atoms with Crippen LogP contribution in [0.1, 0.15) is 44.7 Å². The van der Waals surface area contributed by atoms with Crippen LogP contribution in [0.4, 0.5) is 26.3 Å². The average molecular weight is 434 g/mol. The van der Waals surface area contributed by atoms with Crippen molar-refractivity contribution in [2.75, 3.05) is 6.61 Å². The number of rotatable bonds is 7. The zero-order valence-corrected chi connectivity index (χ0v) is 16.9. The Kier molecular flexibility index (Phi) is 6.64. The largest absolute Gasteiger partial charge is 0.428 e. The van der Waals surface area contributed by atoms with E-state index in [1.807, 2.05) is 25.1 Å². The predicted octanol–water partition coefficient (Wildman–Crippen LogP) is 6.76. The molecule has 0 unspecified atom stereocenters. The Morgan fingerprint density at radius 3 is 1.90 bits per heavy atom. The van der Waals surface area contributed by atoms with Crippen molar-refractivity contribution in [2.24, 2.45) is 0 Å². The molecule has 30 heavy (non-hydrogen) atoms. The predicted molar refractivity (Wildman–Crippen MR) is 104 cm³/mol. The molecule has 0 spiro atoms. The summed E-state index contributed by atoms with van der Waals surface area (Å²) in [5.74, 6) is 0. The number of alkyl halides is 6. The van der Waals surface area contributed by atoms with Crippen LogP contribution in [0.3, 0.4) is 0 Å². The van der Waals surface area contributed by atoms with Gasteiger partial charge in [-0.15, -0.1) is 0 Å². The first-order valence-corrected chi connectivity index (χ1v) is 9.40. The first kappa shape index (κ1) is 24.2. The molecule has 0 atom stereocenters. The monoisotopic (exact) mass is 434 g/mol. The fraction of sp³-hybridized carbons (Fsp3) is 0.455. The molecule has 0 saturated carbocycles. The quantitative estimate of drug-likeness (QED) is 0.488. The van der Waals surface area contributed by atoms with E-state index >= 15 is 0 Å². The Balaban J connectivity index is 2.50. The highest BCUT2D eigenvalue weighted by Crippen LogP contribution is 2.45. The standard InChI is InChI=1S/C22H24F6O2/c1-5-19(6-2,30-13-20(29,21(23,24)25)22(26,27)28)18-10-9-15-7-8-16(14(3)4)11-17(15)12-18/h7-12,29H,3,5-6,13H2,1-2,4H3. The molecule has 2 aromatic rings. The van der Waals surface area contributed by atoms with E-state index in [9.17, 15) is 31.4 Å². The summed E-state index contributed by atoms with van der Waals surface area (Å²) in [7, 11) is 0. The smallest absolute Gasteiger partial charge is 0.372 e. The van der Waals surface area contributed by atoms with Crippen LogP contribution in [-0.2, 0) is 10.3 Å². The number of aliphatic hydroxyl groups is 1. The summed E-state index contributed by atoms with van der Waals surface area (Å²) in [5.41, 5.74) is -4.28. The van der Waals surface area contributed by atoms with Crippen molar-refractivity contribution < 1.29 is 36.2 Å². The number of halogens is 6. The van der Waals surface area contributed by atoms with Crippen LogP contribution >= 0.6 is 0 Å². The SMILES string of the molecule is C=C(C)c1ccc2ccc(C(CC)(CC)OCC(O)(C(F)(F)F)C(F)(F)F)cc2c1. The molecule has 0 bridgehead atoms. The highest BCUT2D eigenvalue weighted by Gasteiger charge is 2.71. The molecular formula is C22H24F6O2. The molecule has 2 nitrogen and oxygen atoms in total. The first-order chi connectivity index (χ1) is 13.7. The molecule has 0 saturated heterocycles. The second kappa shape index (κ2) is 8.23. The zero-order valence-electron chi connectivity index (χ0n) is 16.9. The Labute approximate surface area is 171 Å². The number of ether oxygens (including phenoxy) is 1. The molecule has 0 aliphatic carbocycles. The van der Waals surface area contributed by atoms with E-state index in [2.05, 4.69) is 6.58 Å². The lowest BCUT2D eigenvalue weighted by molar-refractivity contribution is -0.383. The third-order valence-corrected chi connectivity index (χ3v) is 5.50. The second-order valence-electron chi connectivity index (χ2n) is 7.40. The summed E-state index contributed by atoms with van der Waals surface area (Å²) >= 11 is 0. The Bertz CT molecular complexity index is 896. The molecule has 2 aromatic carbocycles. The lowest BCUT2D eigenvalue weighted by Crippen LogP contribution is -2.60. The summed E-state index contributed by atoms with van der Waals surface area (Å²) in [6.45, 7) is 6.96. The van der Waals surface area contributed by atoms with Crippen molar-refractivity contribution >= 4 is 16.3 Å². The highest BCUT2D eigenvalue weighted by molar-refractivity contribution is 5.86.